The van der Waals surface area contributed by atoms with Gasteiger partial charge in [-0.3, -0.25) is 0 Å². The predicted molar refractivity (Wildman–Crippen MR) is 64.8 cm³/mol. The van der Waals surface area contributed by atoms with E-state index in [2.05, 4.69) is 17.2 Å². The van der Waals surface area contributed by atoms with Gasteiger partial charge in [-0.1, -0.05) is 0 Å². The van der Waals surface area contributed by atoms with E-state index >= 15 is 0 Å². The summed E-state index contributed by atoms with van der Waals surface area (Å²) in [7, 11) is 5.74. The van der Waals surface area contributed by atoms with Crippen LogP contribution in [0.15, 0.2) is 0 Å². The molecule has 86 valence electrons. The fourth-order valence-corrected chi connectivity index (χ4v) is 2.10. The van der Waals surface area contributed by atoms with Gasteiger partial charge >= 0.3 is 0 Å². The first-order valence-electron chi connectivity index (χ1n) is 4.98. The minimum atomic E-state index is 0.748. The van der Waals surface area contributed by atoms with Gasteiger partial charge in [-0.15, -0.1) is 11.3 Å². The molecule has 0 aliphatic heterocycles. The van der Waals surface area contributed by atoms with Gasteiger partial charge in [0.15, 0.2) is 5.13 Å². The van der Waals surface area contributed by atoms with Crippen molar-refractivity contribution in [2.45, 2.75) is 13.5 Å². The highest BCUT2D eigenvalue weighted by Crippen LogP contribution is 2.23. The van der Waals surface area contributed by atoms with Crippen LogP contribution in [0.1, 0.15) is 10.6 Å². The molecule has 15 heavy (non-hydrogen) atoms. The zero-order chi connectivity index (χ0) is 11.3. The van der Waals surface area contributed by atoms with Crippen molar-refractivity contribution >= 4 is 16.5 Å². The number of ether oxygens (including phenoxy) is 1. The quantitative estimate of drug-likeness (QED) is 0.745. The summed E-state index contributed by atoms with van der Waals surface area (Å²) in [6.45, 7) is 4.56. The highest BCUT2D eigenvalue weighted by atomic mass is 32.1. The second-order valence-corrected chi connectivity index (χ2v) is 4.63. The molecule has 1 aromatic rings. The van der Waals surface area contributed by atoms with Crippen LogP contribution < -0.4 is 10.2 Å². The molecule has 4 nitrogen and oxygen atoms in total. The number of hydrogen-bond acceptors (Lipinski definition) is 5. The number of nitrogens with one attached hydrogen (secondary N) is 1. The summed E-state index contributed by atoms with van der Waals surface area (Å²) < 4.78 is 4.97. The van der Waals surface area contributed by atoms with Crippen molar-refractivity contribution in [2.24, 2.45) is 0 Å². The van der Waals surface area contributed by atoms with Gasteiger partial charge in [-0.05, 0) is 6.92 Å². The van der Waals surface area contributed by atoms with Gasteiger partial charge in [0.2, 0.25) is 0 Å². The van der Waals surface area contributed by atoms with Crippen molar-refractivity contribution < 1.29 is 4.74 Å². The van der Waals surface area contributed by atoms with Crippen molar-refractivity contribution in [2.75, 3.05) is 39.3 Å². The summed E-state index contributed by atoms with van der Waals surface area (Å²) in [5, 5.41) is 4.39. The molecule has 0 aliphatic rings. The van der Waals surface area contributed by atoms with E-state index < -0.39 is 0 Å². The molecule has 0 unspecified atom stereocenters. The molecule has 0 atom stereocenters. The molecule has 0 bridgehead atoms. The topological polar surface area (TPSA) is 37.4 Å². The lowest BCUT2D eigenvalue weighted by atomic mass is 10.4. The molecule has 0 spiro atoms. The van der Waals surface area contributed by atoms with Gasteiger partial charge < -0.3 is 15.0 Å². The second kappa shape index (κ2) is 6.05. The number of aromatic nitrogens is 1. The molecule has 0 saturated carbocycles. The zero-order valence-electron chi connectivity index (χ0n) is 9.83. The monoisotopic (exact) mass is 229 g/mol. The first-order valence-corrected chi connectivity index (χ1v) is 5.80. The molecule has 0 aromatic carbocycles. The summed E-state index contributed by atoms with van der Waals surface area (Å²) in [5.41, 5.74) is 1.12. The summed E-state index contributed by atoms with van der Waals surface area (Å²) in [6.07, 6.45) is 0. The van der Waals surface area contributed by atoms with Crippen LogP contribution in [0.2, 0.25) is 0 Å². The lowest BCUT2D eigenvalue weighted by Crippen LogP contribution is -2.18. The first-order chi connectivity index (χ1) is 7.15. The molecule has 0 radical (unpaired) electrons. The number of nitrogens with zero attached hydrogens (tertiary/aromatic N) is 2. The average Bonchev–Trinajstić information content (AvgIpc) is 2.55. The van der Waals surface area contributed by atoms with Crippen LogP contribution in [0, 0.1) is 6.92 Å². The maximum absolute atomic E-state index is 4.97. The van der Waals surface area contributed by atoms with Crippen LogP contribution in [0.3, 0.4) is 0 Å². The number of thiazole rings is 1. The maximum atomic E-state index is 4.97. The smallest absolute Gasteiger partial charge is 0.185 e. The molecular weight excluding hydrogens is 210 g/mol. The fourth-order valence-electron chi connectivity index (χ4n) is 1.14. The number of rotatable bonds is 6. The van der Waals surface area contributed by atoms with Gasteiger partial charge in [0.25, 0.3) is 0 Å². The van der Waals surface area contributed by atoms with Crippen LogP contribution >= 0.6 is 11.3 Å². The second-order valence-electron chi connectivity index (χ2n) is 3.57. The number of hydrogen-bond donors (Lipinski definition) is 1. The Morgan fingerprint density at radius 1 is 1.47 bits per heavy atom. The molecule has 1 N–H and O–H groups in total. The van der Waals surface area contributed by atoms with Gasteiger partial charge in [-0.25, -0.2) is 4.98 Å². The van der Waals surface area contributed by atoms with Crippen molar-refractivity contribution in [3.63, 3.8) is 0 Å². The Bertz CT molecular complexity index is 299. The van der Waals surface area contributed by atoms with Crippen molar-refractivity contribution in [3.8, 4) is 0 Å². The van der Waals surface area contributed by atoms with E-state index in [9.17, 15) is 0 Å². The Morgan fingerprint density at radius 2 is 2.20 bits per heavy atom. The molecule has 5 heteroatoms. The van der Waals surface area contributed by atoms with Crippen LogP contribution in [0.4, 0.5) is 5.13 Å². The summed E-state index contributed by atoms with van der Waals surface area (Å²) in [5.74, 6) is 0. The standard InChI is InChI=1S/C10H19N3OS/c1-8-9(7-11-5-6-14-4)15-10(12-8)13(2)3/h11H,5-7H2,1-4H3. The van der Waals surface area contributed by atoms with Crippen molar-refractivity contribution in [1.29, 1.82) is 0 Å². The third kappa shape index (κ3) is 3.77. The van der Waals surface area contributed by atoms with Crippen molar-refractivity contribution in [3.05, 3.63) is 10.6 Å². The number of anilines is 1. The minimum absolute atomic E-state index is 0.748. The molecule has 1 heterocycles. The van der Waals surface area contributed by atoms with E-state index in [1.165, 1.54) is 4.88 Å². The van der Waals surface area contributed by atoms with Gasteiger partial charge in [0.05, 0.1) is 12.3 Å². The third-order valence-corrected chi connectivity index (χ3v) is 3.36. The normalized spacial score (nSPS) is 10.7. The molecule has 0 fully saturated rings. The van der Waals surface area contributed by atoms with Gasteiger partial charge in [0, 0.05) is 39.2 Å². The Hall–Kier alpha value is -0.650. The molecular formula is C10H19N3OS. The lowest BCUT2D eigenvalue weighted by molar-refractivity contribution is 0.199. The number of aryl methyl sites for hydroxylation is 1. The minimum Gasteiger partial charge on any atom is -0.383 e. The van der Waals surface area contributed by atoms with E-state index in [0.29, 0.717) is 0 Å². The van der Waals surface area contributed by atoms with E-state index in [1.807, 2.05) is 19.0 Å². The Balaban J connectivity index is 2.46. The van der Waals surface area contributed by atoms with Crippen LogP contribution in [-0.4, -0.2) is 39.3 Å². The van der Waals surface area contributed by atoms with Gasteiger partial charge in [-0.2, -0.15) is 0 Å². The van der Waals surface area contributed by atoms with Gasteiger partial charge in [0.1, 0.15) is 0 Å². The van der Waals surface area contributed by atoms with E-state index in [4.69, 9.17) is 4.74 Å². The molecule has 1 rings (SSSR count). The predicted octanol–water partition coefficient (Wildman–Crippen LogP) is 1.25. The largest absolute Gasteiger partial charge is 0.383 e. The molecule has 0 saturated heterocycles. The summed E-state index contributed by atoms with van der Waals surface area (Å²) in [4.78, 5) is 7.82. The Kier molecular flexibility index (Phi) is 5.01. The van der Waals surface area contributed by atoms with Crippen LogP contribution in [0.5, 0.6) is 0 Å². The maximum Gasteiger partial charge on any atom is 0.185 e. The van der Waals surface area contributed by atoms with E-state index in [1.54, 1.807) is 18.4 Å². The van der Waals surface area contributed by atoms with Crippen molar-refractivity contribution in [1.82, 2.24) is 10.3 Å². The summed E-state index contributed by atoms with van der Waals surface area (Å²) in [6, 6.07) is 0. The fraction of sp³-hybridized carbons (Fsp3) is 0.700. The summed E-state index contributed by atoms with van der Waals surface area (Å²) >= 11 is 1.74. The average molecular weight is 229 g/mol. The number of methoxy groups -OCH3 is 1. The van der Waals surface area contributed by atoms with E-state index in [-0.39, 0.29) is 0 Å². The van der Waals surface area contributed by atoms with Crippen LogP contribution in [0.25, 0.3) is 0 Å². The van der Waals surface area contributed by atoms with E-state index in [0.717, 1.165) is 30.5 Å². The molecule has 1 aromatic heterocycles. The highest BCUT2D eigenvalue weighted by Gasteiger charge is 2.07. The molecule has 0 amide bonds. The highest BCUT2D eigenvalue weighted by molar-refractivity contribution is 7.15. The Morgan fingerprint density at radius 3 is 2.73 bits per heavy atom. The molecule has 0 aliphatic carbocycles. The first kappa shape index (κ1) is 12.4. The zero-order valence-corrected chi connectivity index (χ0v) is 10.6. The third-order valence-electron chi connectivity index (χ3n) is 2.03. The Labute approximate surface area is 95.3 Å². The van der Waals surface area contributed by atoms with Crippen LogP contribution in [-0.2, 0) is 11.3 Å². The lowest BCUT2D eigenvalue weighted by Gasteiger charge is -2.05. The SMILES string of the molecule is COCCNCc1sc(N(C)C)nc1C.